The number of amides is 1. The third-order valence-electron chi connectivity index (χ3n) is 4.79. The Morgan fingerprint density at radius 2 is 2.00 bits per heavy atom. The van der Waals surface area contributed by atoms with Crippen LogP contribution in [0.3, 0.4) is 0 Å². The van der Waals surface area contributed by atoms with Crippen LogP contribution in [-0.2, 0) is 0 Å². The zero-order chi connectivity index (χ0) is 17.8. The van der Waals surface area contributed by atoms with Crippen LogP contribution >= 0.6 is 0 Å². The van der Waals surface area contributed by atoms with Gasteiger partial charge in [-0.3, -0.25) is 4.79 Å². The molecule has 0 N–H and O–H groups in total. The van der Waals surface area contributed by atoms with Gasteiger partial charge in [0.05, 0.1) is 12.2 Å². The van der Waals surface area contributed by atoms with Gasteiger partial charge in [-0.25, -0.2) is 4.98 Å². The summed E-state index contributed by atoms with van der Waals surface area (Å²) in [6.45, 7) is 7.73. The number of rotatable bonds is 5. The molecule has 0 aliphatic carbocycles. The molecule has 2 atom stereocenters. The number of likely N-dealkylation sites (tertiary alicyclic amines) is 1. The quantitative estimate of drug-likeness (QED) is 0.823. The van der Waals surface area contributed by atoms with Crippen LogP contribution in [-0.4, -0.2) is 35.0 Å². The molecule has 25 heavy (non-hydrogen) atoms. The molecule has 4 nitrogen and oxygen atoms in total. The molecule has 1 amide bonds. The molecule has 2 aromatic rings. The summed E-state index contributed by atoms with van der Waals surface area (Å²) < 4.78 is 5.59. The minimum Gasteiger partial charge on any atom is -0.477 e. The number of hydrogen-bond donors (Lipinski definition) is 0. The fraction of sp³-hybridized carbons (Fsp3) is 0.429. The second-order valence-electron chi connectivity index (χ2n) is 7.13. The van der Waals surface area contributed by atoms with Crippen LogP contribution in [0.15, 0.2) is 48.7 Å². The summed E-state index contributed by atoms with van der Waals surface area (Å²) in [5.41, 5.74) is 1.93. The monoisotopic (exact) mass is 338 g/mol. The lowest BCUT2D eigenvalue weighted by atomic mass is 9.93. The van der Waals surface area contributed by atoms with Crippen LogP contribution < -0.4 is 4.74 Å². The van der Waals surface area contributed by atoms with Crippen molar-refractivity contribution in [2.75, 3.05) is 13.2 Å². The molecule has 1 saturated heterocycles. The molecule has 1 aliphatic heterocycles. The summed E-state index contributed by atoms with van der Waals surface area (Å²) in [5, 5.41) is 0. The molecule has 132 valence electrons. The lowest BCUT2D eigenvalue weighted by molar-refractivity contribution is 0.0741. The molecular formula is C21H26N2O2. The van der Waals surface area contributed by atoms with Crippen molar-refractivity contribution in [3.8, 4) is 5.88 Å². The molecule has 1 fully saturated rings. The number of nitrogens with zero attached hydrogens (tertiary/aromatic N) is 2. The average Bonchev–Trinajstić information content (AvgIpc) is 3.02. The minimum atomic E-state index is 0.0499. The van der Waals surface area contributed by atoms with Crippen molar-refractivity contribution < 1.29 is 9.53 Å². The molecule has 1 aromatic carbocycles. The summed E-state index contributed by atoms with van der Waals surface area (Å²) in [7, 11) is 0. The van der Waals surface area contributed by atoms with Crippen LogP contribution in [0.4, 0.5) is 0 Å². The number of carbonyl (C=O) groups is 1. The van der Waals surface area contributed by atoms with E-state index in [2.05, 4.69) is 50.0 Å². The van der Waals surface area contributed by atoms with Crippen molar-refractivity contribution in [2.24, 2.45) is 5.92 Å². The van der Waals surface area contributed by atoms with Gasteiger partial charge in [-0.1, -0.05) is 44.2 Å². The first-order valence-electron chi connectivity index (χ1n) is 9.01. The Hall–Kier alpha value is -2.36. The van der Waals surface area contributed by atoms with Gasteiger partial charge in [-0.2, -0.15) is 0 Å². The number of pyridine rings is 1. The highest BCUT2D eigenvalue weighted by molar-refractivity contribution is 5.94. The summed E-state index contributed by atoms with van der Waals surface area (Å²) in [6.07, 6.45) is 2.63. The van der Waals surface area contributed by atoms with E-state index < -0.39 is 0 Å². The smallest absolute Gasteiger partial charge is 0.255 e. The summed E-state index contributed by atoms with van der Waals surface area (Å²) in [6, 6.07) is 14.2. The second-order valence-corrected chi connectivity index (χ2v) is 7.13. The number of hydrogen-bond acceptors (Lipinski definition) is 3. The molecule has 0 saturated carbocycles. The molecule has 1 aliphatic rings. The summed E-state index contributed by atoms with van der Waals surface area (Å²) in [4.78, 5) is 19.1. The maximum atomic E-state index is 12.9. The Bertz CT molecular complexity index is 698. The first-order valence-corrected chi connectivity index (χ1v) is 9.01. The molecular weight excluding hydrogens is 312 g/mol. The highest BCUT2D eigenvalue weighted by Gasteiger charge is 2.35. The molecule has 1 aromatic heterocycles. The van der Waals surface area contributed by atoms with Gasteiger partial charge in [0.1, 0.15) is 0 Å². The third-order valence-corrected chi connectivity index (χ3v) is 4.79. The van der Waals surface area contributed by atoms with Crippen LogP contribution in [0.25, 0.3) is 0 Å². The molecule has 2 unspecified atom stereocenters. The van der Waals surface area contributed by atoms with Gasteiger partial charge in [-0.05, 0) is 30.9 Å². The lowest BCUT2D eigenvalue weighted by Gasteiger charge is -2.25. The third kappa shape index (κ3) is 4.01. The SMILES string of the molecule is CC(C)COc1ccc(C(=O)N2CCC(c3ccccc3)C2C)cn1. The number of ether oxygens (including phenoxy) is 1. The van der Waals surface area contributed by atoms with E-state index in [4.69, 9.17) is 4.74 Å². The van der Waals surface area contributed by atoms with Gasteiger partial charge >= 0.3 is 0 Å². The number of benzene rings is 1. The van der Waals surface area contributed by atoms with Crippen LogP contribution in [0.5, 0.6) is 5.88 Å². The molecule has 2 heterocycles. The van der Waals surface area contributed by atoms with Gasteiger partial charge in [0.2, 0.25) is 5.88 Å². The van der Waals surface area contributed by atoms with Crippen molar-refractivity contribution in [3.05, 3.63) is 59.8 Å². The molecule has 4 heteroatoms. The van der Waals surface area contributed by atoms with E-state index in [-0.39, 0.29) is 11.9 Å². The highest BCUT2D eigenvalue weighted by Crippen LogP contribution is 2.34. The normalized spacial score (nSPS) is 20.1. The maximum absolute atomic E-state index is 12.9. The Balaban J connectivity index is 1.67. The Labute approximate surface area is 149 Å². The first-order chi connectivity index (χ1) is 12.1. The van der Waals surface area contributed by atoms with E-state index in [1.54, 1.807) is 12.3 Å². The summed E-state index contributed by atoms with van der Waals surface area (Å²) in [5.74, 6) is 1.46. The molecule has 3 rings (SSSR count). The van der Waals surface area contributed by atoms with Crippen molar-refractivity contribution in [1.29, 1.82) is 0 Å². The van der Waals surface area contributed by atoms with E-state index in [0.29, 0.717) is 29.9 Å². The minimum absolute atomic E-state index is 0.0499. The van der Waals surface area contributed by atoms with Gasteiger partial charge < -0.3 is 9.64 Å². The second kappa shape index (κ2) is 7.68. The van der Waals surface area contributed by atoms with E-state index in [0.717, 1.165) is 13.0 Å². The fourth-order valence-electron chi connectivity index (χ4n) is 3.38. The van der Waals surface area contributed by atoms with Crippen LogP contribution in [0, 0.1) is 5.92 Å². The topological polar surface area (TPSA) is 42.4 Å². The van der Waals surface area contributed by atoms with E-state index >= 15 is 0 Å². The van der Waals surface area contributed by atoms with Crippen molar-refractivity contribution in [3.63, 3.8) is 0 Å². The lowest BCUT2D eigenvalue weighted by Crippen LogP contribution is -2.35. The van der Waals surface area contributed by atoms with Gasteiger partial charge in [0, 0.05) is 30.8 Å². The molecule has 0 spiro atoms. The van der Waals surface area contributed by atoms with Gasteiger partial charge in [0.25, 0.3) is 5.91 Å². The standard InChI is InChI=1S/C21H26N2O2/c1-15(2)14-25-20-10-9-18(13-22-20)21(24)23-12-11-19(16(23)3)17-7-5-4-6-8-17/h4-10,13,15-16,19H,11-12,14H2,1-3H3. The number of aromatic nitrogens is 1. The predicted molar refractivity (Wildman–Crippen MR) is 98.9 cm³/mol. The van der Waals surface area contributed by atoms with Gasteiger partial charge in [-0.15, -0.1) is 0 Å². The molecule has 0 bridgehead atoms. The fourth-order valence-corrected chi connectivity index (χ4v) is 3.38. The largest absolute Gasteiger partial charge is 0.477 e. The van der Waals surface area contributed by atoms with Crippen LogP contribution in [0.2, 0.25) is 0 Å². The van der Waals surface area contributed by atoms with Crippen molar-refractivity contribution in [1.82, 2.24) is 9.88 Å². The van der Waals surface area contributed by atoms with Crippen molar-refractivity contribution >= 4 is 5.91 Å². The van der Waals surface area contributed by atoms with E-state index in [1.165, 1.54) is 5.56 Å². The zero-order valence-electron chi connectivity index (χ0n) is 15.2. The van der Waals surface area contributed by atoms with E-state index in [1.807, 2.05) is 17.0 Å². The Kier molecular flexibility index (Phi) is 5.37. The highest BCUT2D eigenvalue weighted by atomic mass is 16.5. The summed E-state index contributed by atoms with van der Waals surface area (Å²) >= 11 is 0. The van der Waals surface area contributed by atoms with Crippen molar-refractivity contribution in [2.45, 2.75) is 39.2 Å². The zero-order valence-corrected chi connectivity index (χ0v) is 15.2. The molecule has 0 radical (unpaired) electrons. The van der Waals surface area contributed by atoms with Crippen LogP contribution in [0.1, 0.15) is 49.0 Å². The Morgan fingerprint density at radius 1 is 1.24 bits per heavy atom. The maximum Gasteiger partial charge on any atom is 0.255 e. The van der Waals surface area contributed by atoms with E-state index in [9.17, 15) is 4.79 Å². The Morgan fingerprint density at radius 3 is 2.64 bits per heavy atom. The number of carbonyl (C=O) groups excluding carboxylic acids is 1. The predicted octanol–water partition coefficient (Wildman–Crippen LogP) is 4.13. The average molecular weight is 338 g/mol. The van der Waals surface area contributed by atoms with Gasteiger partial charge in [0.15, 0.2) is 0 Å². The first kappa shape index (κ1) is 17.5.